The van der Waals surface area contributed by atoms with E-state index in [1.165, 1.54) is 48.2 Å². The molecule has 8 atom stereocenters. The van der Waals surface area contributed by atoms with Gasteiger partial charge in [-0.25, -0.2) is 0 Å². The van der Waals surface area contributed by atoms with Gasteiger partial charge in [0.15, 0.2) is 0 Å². The van der Waals surface area contributed by atoms with Gasteiger partial charge in [0.25, 0.3) is 23.6 Å². The summed E-state index contributed by atoms with van der Waals surface area (Å²) < 4.78 is 3.92. The van der Waals surface area contributed by atoms with Crippen LogP contribution in [0.5, 0.6) is 0 Å². The lowest BCUT2D eigenvalue weighted by molar-refractivity contribution is -0.0545. The molecule has 0 radical (unpaired) electrons. The molecule has 4 amide bonds. The Balaban J connectivity index is 0.000000156. The van der Waals surface area contributed by atoms with Gasteiger partial charge in [-0.05, 0) is 234 Å². The van der Waals surface area contributed by atoms with Crippen LogP contribution >= 0.6 is 63.7 Å². The van der Waals surface area contributed by atoms with Gasteiger partial charge in [0.05, 0.1) is 11.1 Å². The smallest absolute Gasteiger partial charge is 0.258 e. The molecular formula is C60H64Br4N4O4. The van der Waals surface area contributed by atoms with Gasteiger partial charge in [-0.1, -0.05) is 77.6 Å². The quantitative estimate of drug-likeness (QED) is 0.204. The van der Waals surface area contributed by atoms with Crippen molar-refractivity contribution >= 4 is 87.3 Å². The molecule has 4 heterocycles. The van der Waals surface area contributed by atoms with Crippen molar-refractivity contribution in [3.05, 3.63) is 160 Å². The molecule has 4 aliphatic carbocycles. The summed E-state index contributed by atoms with van der Waals surface area (Å²) in [4.78, 5) is 64.4. The van der Waals surface area contributed by atoms with E-state index in [-0.39, 0.29) is 34.7 Å². The number of nitrogens with zero attached hydrogens (tertiary/aromatic N) is 4. The fourth-order valence-electron chi connectivity index (χ4n) is 15.7. The second-order valence-electron chi connectivity index (χ2n) is 22.3. The number of amides is 4. The number of piperidine rings is 2. The zero-order chi connectivity index (χ0) is 50.1. The van der Waals surface area contributed by atoms with E-state index in [0.29, 0.717) is 35.5 Å². The number of allylic oxidation sites excluding steroid dienone is 2. The third-order valence-electron chi connectivity index (χ3n) is 18.1. The van der Waals surface area contributed by atoms with Crippen LogP contribution in [-0.2, 0) is 0 Å². The molecular weight excluding hydrogens is 1160 g/mol. The number of carbonyl (C=O) groups is 4. The summed E-state index contributed by atoms with van der Waals surface area (Å²) in [5, 5.41) is 0. The summed E-state index contributed by atoms with van der Waals surface area (Å²) in [5.74, 6) is 3.63. The number of rotatable bonds is 4. The molecule has 2 saturated carbocycles. The lowest BCUT2D eigenvalue weighted by Gasteiger charge is -2.63. The van der Waals surface area contributed by atoms with E-state index < -0.39 is 0 Å². The predicted octanol–water partition coefficient (Wildman–Crippen LogP) is 14.9. The number of likely N-dealkylation sites (tertiary alicyclic amines) is 2. The standard InChI is InChI=1S/2C30H32Br2N2O2/c2*1-19-16-22-17-27-26(5-2-14-33(27)28(35)20-6-10-23(31)11-7-20)30(18-19)25(22)4-3-15-34(30)29(36)21-8-12-24(32)13-9-21/h2*6-13,19,22,25H,2-5,14-18H2,1H3/t2*19-,22+,25-,30-/m11/s1. The van der Waals surface area contributed by atoms with Gasteiger partial charge in [-0.3, -0.25) is 19.2 Å². The number of carbonyl (C=O) groups excluding carboxylic acids is 4. The fourth-order valence-corrected chi connectivity index (χ4v) is 16.7. The van der Waals surface area contributed by atoms with Crippen molar-refractivity contribution < 1.29 is 19.2 Å². The average molecular weight is 1220 g/mol. The van der Waals surface area contributed by atoms with E-state index in [9.17, 15) is 19.2 Å². The minimum atomic E-state index is -0.267. The topological polar surface area (TPSA) is 81.2 Å². The minimum Gasteiger partial charge on any atom is -0.329 e. The van der Waals surface area contributed by atoms with Crippen LogP contribution in [0, 0.1) is 35.5 Å². The van der Waals surface area contributed by atoms with Crippen molar-refractivity contribution in [3.63, 3.8) is 0 Å². The SMILES string of the molecule is C[C@@H]1C[C@H]2CC3=C(CCCN3C(=O)c3ccc(Br)cc3)[C@@]3(C1)[C@@H]2CCCN3C(=O)c1ccc(Br)cc1.C[C@@H]1C[C@H]2CC3=C(CCCN3C(=O)c3ccc(Br)cc3)[C@@]3(C1)[C@@H]2CCCN3C(=O)c1ccc(Br)cc1. The van der Waals surface area contributed by atoms with Gasteiger partial charge >= 0.3 is 0 Å². The molecule has 2 saturated heterocycles. The van der Waals surface area contributed by atoms with Crippen molar-refractivity contribution in [1.29, 1.82) is 0 Å². The van der Waals surface area contributed by atoms with E-state index in [2.05, 4.69) is 97.2 Å². The number of hydrogen-bond acceptors (Lipinski definition) is 4. The molecule has 8 nitrogen and oxygen atoms in total. The summed E-state index contributed by atoms with van der Waals surface area (Å²) in [6.45, 7) is 7.83. The molecule has 8 aliphatic rings. The summed E-state index contributed by atoms with van der Waals surface area (Å²) in [5.41, 5.74) is 7.66. The molecule has 4 aliphatic heterocycles. The number of hydrogen-bond donors (Lipinski definition) is 0. The van der Waals surface area contributed by atoms with Crippen molar-refractivity contribution in [2.45, 2.75) is 115 Å². The van der Waals surface area contributed by atoms with Crippen LogP contribution in [0.15, 0.2) is 137 Å². The molecule has 12 heteroatoms. The van der Waals surface area contributed by atoms with Gasteiger partial charge in [-0.2, -0.15) is 0 Å². The Bertz CT molecular complexity index is 2640. The zero-order valence-corrected chi connectivity index (χ0v) is 47.7. The van der Waals surface area contributed by atoms with Crippen LogP contribution in [0.25, 0.3) is 0 Å². The maximum atomic E-state index is 14.1. The van der Waals surface area contributed by atoms with Crippen molar-refractivity contribution in [2.75, 3.05) is 26.2 Å². The van der Waals surface area contributed by atoms with Gasteiger partial charge in [0.2, 0.25) is 0 Å². The highest BCUT2D eigenvalue weighted by atomic mass is 79.9. The van der Waals surface area contributed by atoms with Gasteiger partial charge < -0.3 is 19.6 Å². The maximum absolute atomic E-state index is 14.1. The maximum Gasteiger partial charge on any atom is 0.258 e. The Morgan fingerprint density at radius 2 is 0.764 bits per heavy atom. The second kappa shape index (κ2) is 20.4. The Hall–Kier alpha value is -3.84. The molecule has 4 aromatic rings. The van der Waals surface area contributed by atoms with Gasteiger partial charge in [-0.15, -0.1) is 0 Å². The Morgan fingerprint density at radius 3 is 1.10 bits per heavy atom. The summed E-state index contributed by atoms with van der Waals surface area (Å²) in [6.07, 6.45) is 14.7. The molecule has 4 fully saturated rings. The molecule has 376 valence electrons. The number of halogens is 4. The third-order valence-corrected chi connectivity index (χ3v) is 20.2. The first kappa shape index (κ1) is 50.3. The van der Waals surface area contributed by atoms with Gasteiger partial charge in [0, 0.05) is 77.7 Å². The first-order chi connectivity index (χ1) is 34.8. The van der Waals surface area contributed by atoms with Crippen molar-refractivity contribution in [1.82, 2.24) is 19.6 Å². The first-order valence-corrected chi connectivity index (χ1v) is 29.7. The summed E-state index contributed by atoms with van der Waals surface area (Å²) in [7, 11) is 0. The van der Waals surface area contributed by atoms with Crippen molar-refractivity contribution in [2.24, 2.45) is 35.5 Å². The van der Waals surface area contributed by atoms with Crippen LogP contribution in [0.1, 0.15) is 145 Å². The molecule has 0 aromatic heterocycles. The first-order valence-electron chi connectivity index (χ1n) is 26.5. The normalized spacial score (nSPS) is 29.5. The lowest BCUT2D eigenvalue weighted by atomic mass is 9.52. The highest BCUT2D eigenvalue weighted by Gasteiger charge is 2.62. The third kappa shape index (κ3) is 8.85. The predicted molar refractivity (Wildman–Crippen MR) is 297 cm³/mol. The Labute approximate surface area is 458 Å². The minimum absolute atomic E-state index is 0.0947. The molecule has 4 aromatic carbocycles. The molecule has 72 heavy (non-hydrogen) atoms. The second-order valence-corrected chi connectivity index (χ2v) is 25.9. The zero-order valence-electron chi connectivity index (χ0n) is 41.4. The molecule has 0 spiro atoms. The fraction of sp³-hybridized carbons (Fsp3) is 0.467. The largest absolute Gasteiger partial charge is 0.329 e. The Morgan fingerprint density at radius 1 is 0.444 bits per heavy atom. The molecule has 0 unspecified atom stereocenters. The van der Waals surface area contributed by atoms with Crippen molar-refractivity contribution in [3.8, 4) is 0 Å². The molecule has 0 N–H and O–H groups in total. The molecule has 4 bridgehead atoms. The monoisotopic (exact) mass is 1220 g/mol. The van der Waals surface area contributed by atoms with E-state index in [0.717, 1.165) is 131 Å². The summed E-state index contributed by atoms with van der Waals surface area (Å²) >= 11 is 14.0. The molecule has 12 rings (SSSR count). The van der Waals surface area contributed by atoms with E-state index in [1.807, 2.05) is 97.1 Å². The van der Waals surface area contributed by atoms with Crippen LogP contribution in [0.2, 0.25) is 0 Å². The van der Waals surface area contributed by atoms with E-state index in [4.69, 9.17) is 0 Å². The Kier molecular flexibility index (Phi) is 14.2. The van der Waals surface area contributed by atoms with Crippen LogP contribution < -0.4 is 0 Å². The summed E-state index contributed by atoms with van der Waals surface area (Å²) in [6, 6.07) is 31.0. The van der Waals surface area contributed by atoms with E-state index in [1.54, 1.807) is 0 Å². The van der Waals surface area contributed by atoms with Crippen LogP contribution in [0.4, 0.5) is 0 Å². The van der Waals surface area contributed by atoms with Gasteiger partial charge in [0.1, 0.15) is 0 Å². The van der Waals surface area contributed by atoms with Crippen LogP contribution in [0.3, 0.4) is 0 Å². The highest BCUT2D eigenvalue weighted by molar-refractivity contribution is 9.11. The number of benzene rings is 4. The van der Waals surface area contributed by atoms with E-state index >= 15 is 0 Å². The highest BCUT2D eigenvalue weighted by Crippen LogP contribution is 2.62. The van der Waals surface area contributed by atoms with Crippen LogP contribution in [-0.4, -0.2) is 80.5 Å². The average Bonchev–Trinajstić information content (AvgIpc) is 3.38. The lowest BCUT2D eigenvalue weighted by Crippen LogP contribution is -2.67.